The molecule has 1 aromatic carbocycles. The molecule has 0 spiro atoms. The van der Waals surface area contributed by atoms with E-state index >= 15 is 0 Å². The van der Waals surface area contributed by atoms with Crippen LogP contribution in [0.5, 0.6) is 0 Å². The number of hydrogen-bond acceptors (Lipinski definition) is 6. The van der Waals surface area contributed by atoms with Gasteiger partial charge in [0.25, 0.3) is 0 Å². The number of anilines is 1. The van der Waals surface area contributed by atoms with Gasteiger partial charge in [-0.25, -0.2) is 16.8 Å². The van der Waals surface area contributed by atoms with Gasteiger partial charge in [0, 0.05) is 19.1 Å². The lowest BCUT2D eigenvalue weighted by atomic mass is 9.92. The minimum absolute atomic E-state index is 0.00172. The van der Waals surface area contributed by atoms with E-state index < -0.39 is 19.7 Å². The van der Waals surface area contributed by atoms with Crippen LogP contribution < -0.4 is 5.32 Å². The van der Waals surface area contributed by atoms with Gasteiger partial charge in [-0.15, -0.1) is 0 Å². The molecular formula is C19H31NO5S2. The van der Waals surface area contributed by atoms with E-state index in [9.17, 15) is 16.8 Å². The van der Waals surface area contributed by atoms with E-state index in [-0.39, 0.29) is 21.9 Å². The molecule has 6 nitrogen and oxygen atoms in total. The van der Waals surface area contributed by atoms with Crippen LogP contribution in [0.1, 0.15) is 46.0 Å². The monoisotopic (exact) mass is 417 g/mol. The standard InChI is InChI=1S/C19H31NO5S2/c1-14(2)11-12-25-18-8-6-5-7-16(18)20-17-10-9-15(26(3,21)22)13-19(17)27(4,23)24/h9-10,13-14,16,18,20H,5-8,11-12H2,1-4H3/t16-,18-/m0/s1. The quantitative estimate of drug-likeness (QED) is 0.698. The van der Waals surface area contributed by atoms with Crippen LogP contribution in [0.4, 0.5) is 5.69 Å². The lowest BCUT2D eigenvalue weighted by Gasteiger charge is -2.33. The fourth-order valence-electron chi connectivity index (χ4n) is 3.28. The third-order valence-corrected chi connectivity index (χ3v) is 7.10. The van der Waals surface area contributed by atoms with Gasteiger partial charge in [-0.05, 0) is 43.4 Å². The predicted molar refractivity (Wildman–Crippen MR) is 108 cm³/mol. The van der Waals surface area contributed by atoms with Crippen LogP contribution in [-0.2, 0) is 24.4 Å². The average Bonchev–Trinajstić information content (AvgIpc) is 2.54. The van der Waals surface area contributed by atoms with Gasteiger partial charge in [-0.3, -0.25) is 0 Å². The summed E-state index contributed by atoms with van der Waals surface area (Å²) in [5, 5.41) is 3.32. The van der Waals surface area contributed by atoms with E-state index in [1.165, 1.54) is 12.1 Å². The molecule has 2 rings (SSSR count). The van der Waals surface area contributed by atoms with Crippen molar-refractivity contribution in [3.8, 4) is 0 Å². The summed E-state index contributed by atoms with van der Waals surface area (Å²) in [5.41, 5.74) is 0.439. The lowest BCUT2D eigenvalue weighted by molar-refractivity contribution is 0.0149. The van der Waals surface area contributed by atoms with Crippen molar-refractivity contribution >= 4 is 25.4 Å². The maximum absolute atomic E-state index is 12.2. The molecule has 1 aromatic rings. The Balaban J connectivity index is 2.25. The van der Waals surface area contributed by atoms with Crippen molar-refractivity contribution < 1.29 is 21.6 Å². The number of benzene rings is 1. The van der Waals surface area contributed by atoms with E-state index in [1.54, 1.807) is 6.07 Å². The number of hydrogen-bond donors (Lipinski definition) is 1. The Hall–Kier alpha value is -1.12. The fraction of sp³-hybridized carbons (Fsp3) is 0.684. The van der Waals surface area contributed by atoms with Gasteiger partial charge in [0.2, 0.25) is 0 Å². The average molecular weight is 418 g/mol. The van der Waals surface area contributed by atoms with Crippen LogP contribution in [0.25, 0.3) is 0 Å². The van der Waals surface area contributed by atoms with Gasteiger partial charge in [0.05, 0.1) is 27.6 Å². The summed E-state index contributed by atoms with van der Waals surface area (Å²) in [4.78, 5) is 0.0128. The Morgan fingerprint density at radius 3 is 2.33 bits per heavy atom. The molecule has 8 heteroatoms. The maximum Gasteiger partial charge on any atom is 0.177 e. The molecule has 0 unspecified atom stereocenters. The molecule has 0 saturated heterocycles. The molecular weight excluding hydrogens is 386 g/mol. The van der Waals surface area contributed by atoms with E-state index in [4.69, 9.17) is 4.74 Å². The van der Waals surface area contributed by atoms with Gasteiger partial charge in [0.15, 0.2) is 19.7 Å². The van der Waals surface area contributed by atoms with Crippen molar-refractivity contribution in [1.29, 1.82) is 0 Å². The summed E-state index contributed by atoms with van der Waals surface area (Å²) < 4.78 is 54.2. The minimum atomic E-state index is -3.58. The Bertz CT molecular complexity index is 847. The summed E-state index contributed by atoms with van der Waals surface area (Å²) in [6, 6.07) is 4.25. The second-order valence-electron chi connectivity index (χ2n) is 7.83. The topological polar surface area (TPSA) is 89.5 Å². The third-order valence-electron chi connectivity index (χ3n) is 4.85. The predicted octanol–water partition coefficient (Wildman–Crippen LogP) is 3.28. The Labute approximate surface area is 163 Å². The zero-order valence-corrected chi connectivity index (χ0v) is 18.2. The normalized spacial score (nSPS) is 21.4. The fourth-order valence-corrected chi connectivity index (χ4v) is 4.86. The molecule has 154 valence electrons. The van der Waals surface area contributed by atoms with Crippen LogP contribution in [0, 0.1) is 5.92 Å². The van der Waals surface area contributed by atoms with Gasteiger partial charge in [-0.2, -0.15) is 0 Å². The SMILES string of the molecule is CC(C)CCO[C@H]1CCCC[C@@H]1Nc1ccc(S(C)(=O)=O)cc1S(C)(=O)=O. The summed E-state index contributed by atoms with van der Waals surface area (Å²) in [6.45, 7) is 5.00. The largest absolute Gasteiger partial charge is 0.379 e. The van der Waals surface area contributed by atoms with Crippen LogP contribution in [0.3, 0.4) is 0 Å². The van der Waals surface area contributed by atoms with Crippen molar-refractivity contribution in [3.05, 3.63) is 18.2 Å². The van der Waals surface area contributed by atoms with Crippen molar-refractivity contribution in [2.24, 2.45) is 5.92 Å². The first kappa shape index (κ1) is 22.2. The lowest BCUT2D eigenvalue weighted by Crippen LogP contribution is -2.39. The summed E-state index contributed by atoms with van der Waals surface area (Å²) >= 11 is 0. The van der Waals surface area contributed by atoms with E-state index in [2.05, 4.69) is 19.2 Å². The second kappa shape index (κ2) is 8.92. The van der Waals surface area contributed by atoms with Gasteiger partial charge in [0.1, 0.15) is 0 Å². The van der Waals surface area contributed by atoms with E-state index in [1.807, 2.05) is 0 Å². The molecule has 1 aliphatic rings. The molecule has 2 atom stereocenters. The number of rotatable bonds is 8. The van der Waals surface area contributed by atoms with Crippen LogP contribution >= 0.6 is 0 Å². The molecule has 1 N–H and O–H groups in total. The molecule has 27 heavy (non-hydrogen) atoms. The number of sulfone groups is 2. The smallest absolute Gasteiger partial charge is 0.177 e. The molecule has 0 radical (unpaired) electrons. The first-order valence-corrected chi connectivity index (χ1v) is 13.2. The number of ether oxygens (including phenoxy) is 1. The van der Waals surface area contributed by atoms with Gasteiger partial charge >= 0.3 is 0 Å². The highest BCUT2D eigenvalue weighted by atomic mass is 32.2. The molecule has 0 aromatic heterocycles. The van der Waals surface area contributed by atoms with Crippen LogP contribution in [0.2, 0.25) is 0 Å². The zero-order chi connectivity index (χ0) is 20.2. The molecule has 1 fully saturated rings. The molecule has 1 aliphatic carbocycles. The van der Waals surface area contributed by atoms with Crippen molar-refractivity contribution in [3.63, 3.8) is 0 Å². The van der Waals surface area contributed by atoms with Crippen LogP contribution in [0.15, 0.2) is 28.0 Å². The first-order valence-electron chi connectivity index (χ1n) is 9.41. The van der Waals surface area contributed by atoms with E-state index in [0.717, 1.165) is 44.6 Å². The molecule has 1 saturated carbocycles. The molecule has 0 heterocycles. The second-order valence-corrected chi connectivity index (χ2v) is 11.8. The molecule has 0 bridgehead atoms. The Morgan fingerprint density at radius 1 is 1.07 bits per heavy atom. The summed E-state index contributed by atoms with van der Waals surface area (Å²) in [6.07, 6.45) is 7.15. The summed E-state index contributed by atoms with van der Waals surface area (Å²) in [5.74, 6) is 0.570. The highest BCUT2D eigenvalue weighted by Crippen LogP contribution is 2.30. The van der Waals surface area contributed by atoms with E-state index in [0.29, 0.717) is 18.2 Å². The Kier molecular flexibility index (Phi) is 7.33. The molecule has 0 aliphatic heterocycles. The van der Waals surface area contributed by atoms with Crippen molar-refractivity contribution in [2.75, 3.05) is 24.4 Å². The highest BCUT2D eigenvalue weighted by molar-refractivity contribution is 7.91. The van der Waals surface area contributed by atoms with Crippen molar-refractivity contribution in [2.45, 2.75) is 67.9 Å². The van der Waals surface area contributed by atoms with Crippen molar-refractivity contribution in [1.82, 2.24) is 0 Å². The first-order chi connectivity index (χ1) is 12.5. The Morgan fingerprint density at radius 2 is 1.74 bits per heavy atom. The van der Waals surface area contributed by atoms with Gasteiger partial charge in [-0.1, -0.05) is 26.7 Å². The van der Waals surface area contributed by atoms with Crippen LogP contribution in [-0.4, -0.2) is 48.1 Å². The highest BCUT2D eigenvalue weighted by Gasteiger charge is 2.28. The minimum Gasteiger partial charge on any atom is -0.379 e. The zero-order valence-electron chi connectivity index (χ0n) is 16.6. The maximum atomic E-state index is 12.2. The third kappa shape index (κ3) is 6.47. The van der Waals surface area contributed by atoms with Gasteiger partial charge < -0.3 is 10.1 Å². The number of nitrogens with one attached hydrogen (secondary N) is 1. The summed E-state index contributed by atoms with van der Waals surface area (Å²) in [7, 11) is -7.06. The molecule has 0 amide bonds.